The molecule has 1 aliphatic rings. The molecule has 7 nitrogen and oxygen atoms in total. The second-order valence-corrected chi connectivity index (χ2v) is 4.85. The van der Waals surface area contributed by atoms with E-state index in [-0.39, 0.29) is 0 Å². The van der Waals surface area contributed by atoms with Gasteiger partial charge in [0.2, 0.25) is 6.29 Å². The van der Waals surface area contributed by atoms with Gasteiger partial charge in [-0.15, -0.1) is 0 Å². The lowest BCUT2D eigenvalue weighted by Crippen LogP contribution is -2.61. The number of aryl methyl sites for hydroxylation is 1. The van der Waals surface area contributed by atoms with Gasteiger partial charge >= 0.3 is 5.97 Å². The lowest BCUT2D eigenvalue weighted by atomic mass is 9.99. The van der Waals surface area contributed by atoms with Gasteiger partial charge in [-0.25, -0.2) is 4.79 Å². The normalized spacial score (nSPS) is 32.7. The van der Waals surface area contributed by atoms with Gasteiger partial charge in [-0.3, -0.25) is 0 Å². The monoisotopic (exact) mass is 298 g/mol. The second-order valence-electron chi connectivity index (χ2n) is 4.85. The van der Waals surface area contributed by atoms with Crippen LogP contribution in [0.4, 0.5) is 0 Å². The third-order valence-corrected chi connectivity index (χ3v) is 3.40. The van der Waals surface area contributed by atoms with E-state index in [1.807, 2.05) is 19.1 Å². The highest BCUT2D eigenvalue weighted by Gasteiger charge is 2.48. The van der Waals surface area contributed by atoms with Crippen LogP contribution in [0.25, 0.3) is 0 Å². The highest BCUT2D eigenvalue weighted by Crippen LogP contribution is 2.24. The lowest BCUT2D eigenvalue weighted by Gasteiger charge is -2.38. The number of aliphatic hydroxyl groups excluding tert-OH is 3. The van der Waals surface area contributed by atoms with E-state index in [1.165, 1.54) is 0 Å². The van der Waals surface area contributed by atoms with Crippen molar-refractivity contribution in [3.63, 3.8) is 0 Å². The molecule has 1 fully saturated rings. The molecular formula is C14H18O7. The van der Waals surface area contributed by atoms with E-state index < -0.39 is 36.7 Å². The minimum absolute atomic E-state index is 0.365. The SMILES string of the molecule is CCc1ccc(O[C@@H]2O[C@H](C(=O)O)C(O)[C@H](O)[C@H]2O)cc1. The summed E-state index contributed by atoms with van der Waals surface area (Å²) in [7, 11) is 0. The van der Waals surface area contributed by atoms with Gasteiger partial charge in [0.25, 0.3) is 0 Å². The Kier molecular flexibility index (Phi) is 4.79. The molecule has 0 saturated carbocycles. The van der Waals surface area contributed by atoms with E-state index in [0.29, 0.717) is 5.75 Å². The molecule has 7 heteroatoms. The second kappa shape index (κ2) is 6.40. The zero-order valence-corrected chi connectivity index (χ0v) is 11.4. The Morgan fingerprint density at radius 2 is 1.76 bits per heavy atom. The number of aliphatic carboxylic acids is 1. The maximum Gasteiger partial charge on any atom is 0.335 e. The van der Waals surface area contributed by atoms with Crippen molar-refractivity contribution in [1.29, 1.82) is 0 Å². The number of carboxylic acids is 1. The van der Waals surface area contributed by atoms with Gasteiger partial charge in [0.15, 0.2) is 6.10 Å². The molecule has 0 aromatic heterocycles. The number of ether oxygens (including phenoxy) is 2. The molecule has 0 radical (unpaired) electrons. The summed E-state index contributed by atoms with van der Waals surface area (Å²) >= 11 is 0. The quantitative estimate of drug-likeness (QED) is 0.593. The van der Waals surface area contributed by atoms with Crippen molar-refractivity contribution in [2.24, 2.45) is 0 Å². The van der Waals surface area contributed by atoms with Crippen molar-refractivity contribution < 1.29 is 34.7 Å². The van der Waals surface area contributed by atoms with Crippen molar-refractivity contribution in [3.8, 4) is 5.75 Å². The first-order chi connectivity index (χ1) is 9.93. The van der Waals surface area contributed by atoms with E-state index in [9.17, 15) is 20.1 Å². The molecule has 0 spiro atoms. The molecule has 116 valence electrons. The Hall–Kier alpha value is -1.67. The molecule has 1 heterocycles. The van der Waals surface area contributed by atoms with Crippen LogP contribution in [-0.4, -0.2) is 57.1 Å². The van der Waals surface area contributed by atoms with Crippen LogP contribution < -0.4 is 4.74 Å². The Balaban J connectivity index is 2.11. The summed E-state index contributed by atoms with van der Waals surface area (Å²) in [5, 5.41) is 38.0. The molecule has 1 unspecified atom stereocenters. The molecule has 1 aromatic carbocycles. The van der Waals surface area contributed by atoms with Crippen molar-refractivity contribution >= 4 is 5.97 Å². The Morgan fingerprint density at radius 3 is 2.29 bits per heavy atom. The summed E-state index contributed by atoms with van der Waals surface area (Å²) in [5.74, 6) is -1.08. The first-order valence-corrected chi connectivity index (χ1v) is 6.62. The Morgan fingerprint density at radius 1 is 1.14 bits per heavy atom. The average Bonchev–Trinajstić information content (AvgIpc) is 2.48. The summed E-state index contributed by atoms with van der Waals surface area (Å²) in [5.41, 5.74) is 1.09. The fourth-order valence-electron chi connectivity index (χ4n) is 2.09. The molecular weight excluding hydrogens is 280 g/mol. The zero-order chi connectivity index (χ0) is 15.6. The molecule has 0 bridgehead atoms. The van der Waals surface area contributed by atoms with Crippen molar-refractivity contribution in [1.82, 2.24) is 0 Å². The summed E-state index contributed by atoms with van der Waals surface area (Å²) in [4.78, 5) is 11.0. The molecule has 0 amide bonds. The third-order valence-electron chi connectivity index (χ3n) is 3.40. The van der Waals surface area contributed by atoms with Gasteiger partial charge in [0, 0.05) is 0 Å². The highest BCUT2D eigenvalue weighted by atomic mass is 16.7. The molecule has 21 heavy (non-hydrogen) atoms. The van der Waals surface area contributed by atoms with Gasteiger partial charge in [0.05, 0.1) is 0 Å². The molecule has 2 rings (SSSR count). The largest absolute Gasteiger partial charge is 0.479 e. The van der Waals surface area contributed by atoms with Gasteiger partial charge in [-0.1, -0.05) is 19.1 Å². The minimum Gasteiger partial charge on any atom is -0.479 e. The van der Waals surface area contributed by atoms with E-state index in [0.717, 1.165) is 12.0 Å². The van der Waals surface area contributed by atoms with Crippen LogP contribution in [0.5, 0.6) is 5.75 Å². The molecule has 1 aromatic rings. The maximum absolute atomic E-state index is 11.0. The number of carbonyl (C=O) groups is 1. The van der Waals surface area contributed by atoms with Crippen LogP contribution in [0.1, 0.15) is 12.5 Å². The standard InChI is InChI=1S/C14H18O7/c1-2-7-3-5-8(6-4-7)20-14-11(17)9(15)10(16)12(21-14)13(18)19/h3-6,9-12,14-17H,2H2,1H3,(H,18,19)/t9-,10?,11+,12-,14+/m0/s1. The van der Waals surface area contributed by atoms with Crippen LogP contribution in [0, 0.1) is 0 Å². The zero-order valence-electron chi connectivity index (χ0n) is 11.4. The van der Waals surface area contributed by atoms with E-state index in [4.69, 9.17) is 14.6 Å². The van der Waals surface area contributed by atoms with Gasteiger partial charge in [0.1, 0.15) is 24.1 Å². The summed E-state index contributed by atoms with van der Waals surface area (Å²) in [6, 6.07) is 6.96. The fourth-order valence-corrected chi connectivity index (χ4v) is 2.09. The first-order valence-electron chi connectivity index (χ1n) is 6.62. The molecule has 4 N–H and O–H groups in total. The van der Waals surface area contributed by atoms with Gasteiger partial charge in [-0.05, 0) is 24.1 Å². The number of aliphatic hydroxyl groups is 3. The van der Waals surface area contributed by atoms with Crippen molar-refractivity contribution in [2.75, 3.05) is 0 Å². The van der Waals surface area contributed by atoms with Crippen LogP contribution in [-0.2, 0) is 16.0 Å². The van der Waals surface area contributed by atoms with E-state index in [2.05, 4.69) is 0 Å². The van der Waals surface area contributed by atoms with Crippen molar-refractivity contribution in [2.45, 2.75) is 44.1 Å². The molecule has 1 aliphatic heterocycles. The van der Waals surface area contributed by atoms with E-state index in [1.54, 1.807) is 12.1 Å². The molecule has 5 atom stereocenters. The third kappa shape index (κ3) is 3.33. The fraction of sp³-hybridized carbons (Fsp3) is 0.500. The smallest absolute Gasteiger partial charge is 0.335 e. The van der Waals surface area contributed by atoms with Crippen LogP contribution in [0.15, 0.2) is 24.3 Å². The maximum atomic E-state index is 11.0. The molecule has 0 aliphatic carbocycles. The summed E-state index contributed by atoms with van der Waals surface area (Å²) in [6.07, 6.45) is -7.13. The number of benzene rings is 1. The van der Waals surface area contributed by atoms with Crippen LogP contribution >= 0.6 is 0 Å². The first kappa shape index (κ1) is 15.7. The van der Waals surface area contributed by atoms with Gasteiger partial charge in [-0.2, -0.15) is 0 Å². The summed E-state index contributed by atoms with van der Waals surface area (Å²) < 4.78 is 10.4. The van der Waals surface area contributed by atoms with E-state index >= 15 is 0 Å². The lowest BCUT2D eigenvalue weighted by molar-refractivity contribution is -0.271. The number of hydrogen-bond donors (Lipinski definition) is 4. The number of rotatable bonds is 4. The minimum atomic E-state index is -1.72. The highest BCUT2D eigenvalue weighted by molar-refractivity contribution is 5.73. The number of hydrogen-bond acceptors (Lipinski definition) is 6. The van der Waals surface area contributed by atoms with Crippen molar-refractivity contribution in [3.05, 3.63) is 29.8 Å². The predicted octanol–water partition coefficient (Wildman–Crippen LogP) is -0.480. The average molecular weight is 298 g/mol. The topological polar surface area (TPSA) is 116 Å². The van der Waals surface area contributed by atoms with Crippen LogP contribution in [0.2, 0.25) is 0 Å². The molecule has 1 saturated heterocycles. The summed E-state index contributed by atoms with van der Waals surface area (Å²) in [6.45, 7) is 2.00. The van der Waals surface area contributed by atoms with Gasteiger partial charge < -0.3 is 29.9 Å². The Labute approximate surface area is 121 Å². The Bertz CT molecular complexity index is 487. The van der Waals surface area contributed by atoms with Crippen LogP contribution in [0.3, 0.4) is 0 Å². The number of carboxylic acid groups (broad SMARTS) is 1. The predicted molar refractivity (Wildman–Crippen MR) is 70.8 cm³/mol.